The number of ether oxygens (including phenoxy) is 1. The van der Waals surface area contributed by atoms with Crippen molar-refractivity contribution in [1.29, 1.82) is 0 Å². The summed E-state index contributed by atoms with van der Waals surface area (Å²) in [6.07, 6.45) is 0.589. The Morgan fingerprint density at radius 2 is 2.25 bits per heavy atom. The molecule has 0 unspecified atom stereocenters. The molecule has 2 N–H and O–H groups in total. The number of thiophene rings is 1. The summed E-state index contributed by atoms with van der Waals surface area (Å²) in [5.74, 6) is 1.91. The molecule has 0 atom stereocenters. The molecule has 2 heterocycles. The molecule has 0 spiro atoms. The van der Waals surface area contributed by atoms with Gasteiger partial charge in [-0.25, -0.2) is 0 Å². The van der Waals surface area contributed by atoms with E-state index in [1.54, 1.807) is 7.11 Å². The van der Waals surface area contributed by atoms with Crippen LogP contribution >= 0.6 is 11.3 Å². The number of benzene rings is 1. The first-order valence-corrected chi connectivity index (χ1v) is 6.93. The largest absolute Gasteiger partial charge is 0.497 e. The highest BCUT2D eigenvalue weighted by atomic mass is 32.1. The fourth-order valence-corrected chi connectivity index (χ4v) is 2.61. The molecule has 0 aliphatic carbocycles. The van der Waals surface area contributed by atoms with E-state index in [0.29, 0.717) is 23.8 Å². The number of hydrogen-bond donors (Lipinski definition) is 1. The van der Waals surface area contributed by atoms with Gasteiger partial charge in [0.15, 0.2) is 5.82 Å². The Balaban J connectivity index is 1.82. The Hall–Kier alpha value is -2.34. The van der Waals surface area contributed by atoms with Crippen molar-refractivity contribution in [2.75, 3.05) is 12.8 Å². The van der Waals surface area contributed by atoms with E-state index in [9.17, 15) is 0 Å². The minimum Gasteiger partial charge on any atom is -0.497 e. The van der Waals surface area contributed by atoms with Crippen LogP contribution in [-0.2, 0) is 6.42 Å². The second kappa shape index (κ2) is 5.34. The molecule has 0 aliphatic rings. The topological polar surface area (TPSA) is 74.2 Å². The Kier molecular flexibility index (Phi) is 3.39. The lowest BCUT2D eigenvalue weighted by Crippen LogP contribution is -1.92. The van der Waals surface area contributed by atoms with Crippen molar-refractivity contribution in [3.63, 3.8) is 0 Å². The predicted octanol–water partition coefficient (Wildman–Crippen LogP) is 2.98. The lowest BCUT2D eigenvalue weighted by atomic mass is 10.1. The first-order valence-electron chi connectivity index (χ1n) is 6.05. The molecule has 3 rings (SSSR count). The van der Waals surface area contributed by atoms with Gasteiger partial charge in [0.2, 0.25) is 0 Å². The summed E-state index contributed by atoms with van der Waals surface area (Å²) < 4.78 is 10.4. The van der Waals surface area contributed by atoms with E-state index in [-0.39, 0.29) is 0 Å². The molecule has 0 saturated carbocycles. The summed E-state index contributed by atoms with van der Waals surface area (Å²) >= 11 is 1.49. The van der Waals surface area contributed by atoms with E-state index in [4.69, 9.17) is 15.0 Å². The number of nitrogens with zero attached hydrogens (tertiary/aromatic N) is 2. The average Bonchev–Trinajstić information content (AvgIpc) is 3.08. The summed E-state index contributed by atoms with van der Waals surface area (Å²) in [4.78, 5) is 5.19. The van der Waals surface area contributed by atoms with Gasteiger partial charge in [-0.1, -0.05) is 17.3 Å². The fourth-order valence-electron chi connectivity index (χ4n) is 1.88. The highest BCUT2D eigenvalue weighted by molar-refractivity contribution is 7.14. The molecular formula is C14H13N3O2S. The van der Waals surface area contributed by atoms with Crippen molar-refractivity contribution in [2.45, 2.75) is 6.42 Å². The van der Waals surface area contributed by atoms with Crippen molar-refractivity contribution in [3.05, 3.63) is 47.1 Å². The highest BCUT2D eigenvalue weighted by Crippen LogP contribution is 2.30. The van der Waals surface area contributed by atoms with Crippen molar-refractivity contribution in [1.82, 2.24) is 10.1 Å². The number of rotatable bonds is 4. The number of anilines is 1. The standard InChI is InChI=1S/C14H13N3O2S/c1-18-10-4-2-3-9(7-10)8-12-16-14(19-17-12)13-11(15)5-6-20-13/h2-7H,8,15H2,1H3. The van der Waals surface area contributed by atoms with Crippen LogP contribution in [0.5, 0.6) is 5.75 Å². The van der Waals surface area contributed by atoms with Crippen molar-refractivity contribution >= 4 is 17.0 Å². The van der Waals surface area contributed by atoms with E-state index in [0.717, 1.165) is 16.2 Å². The molecule has 20 heavy (non-hydrogen) atoms. The van der Waals surface area contributed by atoms with Crippen molar-refractivity contribution in [3.8, 4) is 16.5 Å². The number of aromatic nitrogens is 2. The Morgan fingerprint density at radius 3 is 3.00 bits per heavy atom. The molecule has 1 aromatic carbocycles. The van der Waals surface area contributed by atoms with Gasteiger partial charge in [-0.2, -0.15) is 4.98 Å². The Bertz CT molecular complexity index is 721. The zero-order valence-corrected chi connectivity index (χ0v) is 11.7. The van der Waals surface area contributed by atoms with Gasteiger partial charge in [-0.05, 0) is 29.1 Å². The Morgan fingerprint density at radius 1 is 1.35 bits per heavy atom. The monoisotopic (exact) mass is 287 g/mol. The zero-order chi connectivity index (χ0) is 13.9. The number of nitrogen functional groups attached to an aromatic ring is 1. The quantitative estimate of drug-likeness (QED) is 0.798. The molecule has 6 heteroatoms. The number of nitrogens with two attached hydrogens (primary N) is 1. The van der Waals surface area contributed by atoms with Gasteiger partial charge in [0, 0.05) is 6.42 Å². The van der Waals surface area contributed by atoms with Gasteiger partial charge in [-0.15, -0.1) is 11.3 Å². The first kappa shape index (κ1) is 12.7. The van der Waals surface area contributed by atoms with E-state index in [1.807, 2.05) is 35.7 Å². The van der Waals surface area contributed by atoms with Gasteiger partial charge in [-0.3, -0.25) is 0 Å². The predicted molar refractivity (Wildman–Crippen MR) is 77.8 cm³/mol. The average molecular weight is 287 g/mol. The molecule has 102 valence electrons. The normalized spacial score (nSPS) is 10.7. The maximum atomic E-state index is 5.84. The van der Waals surface area contributed by atoms with E-state index in [2.05, 4.69) is 10.1 Å². The summed E-state index contributed by atoms with van der Waals surface area (Å²) in [6, 6.07) is 9.61. The Labute approximate surface area is 120 Å². The second-order valence-corrected chi connectivity index (χ2v) is 5.17. The number of methoxy groups -OCH3 is 1. The van der Waals surface area contributed by atoms with Gasteiger partial charge < -0.3 is 15.0 Å². The van der Waals surface area contributed by atoms with Crippen LogP contribution in [-0.4, -0.2) is 17.3 Å². The van der Waals surface area contributed by atoms with Crippen LogP contribution in [0.3, 0.4) is 0 Å². The molecule has 0 fully saturated rings. The smallest absolute Gasteiger partial charge is 0.270 e. The first-order chi connectivity index (χ1) is 9.76. The zero-order valence-electron chi connectivity index (χ0n) is 10.9. The molecule has 2 aromatic heterocycles. The van der Waals surface area contributed by atoms with Gasteiger partial charge in [0.05, 0.1) is 12.8 Å². The minimum absolute atomic E-state index is 0.468. The number of hydrogen-bond acceptors (Lipinski definition) is 6. The molecule has 0 saturated heterocycles. The summed E-state index contributed by atoms with van der Waals surface area (Å²) in [7, 11) is 1.64. The summed E-state index contributed by atoms with van der Waals surface area (Å²) in [5.41, 5.74) is 7.56. The molecule has 0 amide bonds. The lowest BCUT2D eigenvalue weighted by molar-refractivity contribution is 0.414. The van der Waals surface area contributed by atoms with Gasteiger partial charge in [0.25, 0.3) is 5.89 Å². The van der Waals surface area contributed by atoms with Gasteiger partial charge in [0.1, 0.15) is 10.6 Å². The van der Waals surface area contributed by atoms with Crippen LogP contribution in [0.2, 0.25) is 0 Å². The second-order valence-electron chi connectivity index (χ2n) is 4.25. The highest BCUT2D eigenvalue weighted by Gasteiger charge is 2.13. The van der Waals surface area contributed by atoms with Crippen LogP contribution < -0.4 is 10.5 Å². The van der Waals surface area contributed by atoms with Crippen LogP contribution in [0.25, 0.3) is 10.8 Å². The van der Waals surface area contributed by atoms with Crippen molar-refractivity contribution < 1.29 is 9.26 Å². The minimum atomic E-state index is 0.468. The van der Waals surface area contributed by atoms with E-state index in [1.165, 1.54) is 11.3 Å². The molecule has 0 radical (unpaired) electrons. The van der Waals surface area contributed by atoms with Crippen molar-refractivity contribution in [2.24, 2.45) is 0 Å². The van der Waals surface area contributed by atoms with Crippen LogP contribution in [0, 0.1) is 0 Å². The third kappa shape index (κ3) is 2.50. The molecular weight excluding hydrogens is 274 g/mol. The van der Waals surface area contributed by atoms with Gasteiger partial charge >= 0.3 is 0 Å². The lowest BCUT2D eigenvalue weighted by Gasteiger charge is -2.01. The molecule has 5 nitrogen and oxygen atoms in total. The van der Waals surface area contributed by atoms with Crippen LogP contribution in [0.4, 0.5) is 5.69 Å². The maximum absolute atomic E-state index is 5.84. The molecule has 0 aliphatic heterocycles. The van der Waals surface area contributed by atoms with E-state index >= 15 is 0 Å². The fraction of sp³-hybridized carbons (Fsp3) is 0.143. The third-order valence-electron chi connectivity index (χ3n) is 2.85. The summed E-state index contributed by atoms with van der Waals surface area (Å²) in [6.45, 7) is 0. The van der Waals surface area contributed by atoms with Crippen LogP contribution in [0.1, 0.15) is 11.4 Å². The maximum Gasteiger partial charge on any atom is 0.270 e. The summed E-state index contributed by atoms with van der Waals surface area (Å²) in [5, 5.41) is 5.89. The SMILES string of the molecule is COc1cccc(Cc2noc(-c3sccc3N)n2)c1. The molecule has 0 bridgehead atoms. The third-order valence-corrected chi connectivity index (χ3v) is 3.77. The van der Waals surface area contributed by atoms with E-state index < -0.39 is 0 Å². The van der Waals surface area contributed by atoms with Crippen LogP contribution in [0.15, 0.2) is 40.2 Å². The molecule has 3 aromatic rings.